The van der Waals surface area contributed by atoms with E-state index in [2.05, 4.69) is 33.9 Å². The summed E-state index contributed by atoms with van der Waals surface area (Å²) in [6.07, 6.45) is 7.76. The molecule has 3 unspecified atom stereocenters. The molecule has 0 spiro atoms. The molecule has 0 saturated heterocycles. The highest BCUT2D eigenvalue weighted by Gasteiger charge is 2.26. The van der Waals surface area contributed by atoms with Gasteiger partial charge in [-0.2, -0.15) is 0 Å². The van der Waals surface area contributed by atoms with Gasteiger partial charge >= 0.3 is 0 Å². The third-order valence-electron chi connectivity index (χ3n) is 4.60. The van der Waals surface area contributed by atoms with Gasteiger partial charge in [0, 0.05) is 19.0 Å². The van der Waals surface area contributed by atoms with Crippen LogP contribution in [0, 0.1) is 5.92 Å². The summed E-state index contributed by atoms with van der Waals surface area (Å²) in [4.78, 5) is 0. The van der Waals surface area contributed by atoms with Crippen LogP contribution in [0.2, 0.25) is 0 Å². The van der Waals surface area contributed by atoms with Crippen molar-refractivity contribution in [3.8, 4) is 0 Å². The molecule has 1 aromatic rings. The van der Waals surface area contributed by atoms with Gasteiger partial charge in [-0.3, -0.25) is 0 Å². The lowest BCUT2D eigenvalue weighted by Gasteiger charge is -2.32. The standard InChI is InChI=1S/C14H24N4/c1-10-6-3-4-7-12(10)15-11(2)14-17-16-13-8-5-9-18(13)14/h10-12,15H,3-9H2,1-2H3. The van der Waals surface area contributed by atoms with Crippen molar-refractivity contribution in [1.29, 1.82) is 0 Å². The van der Waals surface area contributed by atoms with Crippen LogP contribution >= 0.6 is 0 Å². The molecule has 1 aliphatic carbocycles. The normalized spacial score (nSPS) is 29.2. The fraction of sp³-hybridized carbons (Fsp3) is 0.857. The first-order chi connectivity index (χ1) is 8.75. The van der Waals surface area contributed by atoms with E-state index in [-0.39, 0.29) is 0 Å². The van der Waals surface area contributed by atoms with Crippen molar-refractivity contribution in [1.82, 2.24) is 20.1 Å². The zero-order valence-corrected chi connectivity index (χ0v) is 11.5. The van der Waals surface area contributed by atoms with Crippen LogP contribution in [0.1, 0.15) is 63.6 Å². The number of aromatic nitrogens is 3. The van der Waals surface area contributed by atoms with Crippen LogP contribution < -0.4 is 5.32 Å². The first-order valence-corrected chi connectivity index (χ1v) is 7.43. The van der Waals surface area contributed by atoms with E-state index in [9.17, 15) is 0 Å². The average Bonchev–Trinajstić information content (AvgIpc) is 2.93. The Bertz CT molecular complexity index is 412. The maximum Gasteiger partial charge on any atom is 0.149 e. The summed E-state index contributed by atoms with van der Waals surface area (Å²) in [6.45, 7) is 5.71. The van der Waals surface area contributed by atoms with E-state index >= 15 is 0 Å². The molecule has 2 aliphatic rings. The minimum atomic E-state index is 0.329. The Morgan fingerprint density at radius 2 is 2.06 bits per heavy atom. The number of nitrogens with zero attached hydrogens (tertiary/aromatic N) is 3. The summed E-state index contributed by atoms with van der Waals surface area (Å²) in [7, 11) is 0. The van der Waals surface area contributed by atoms with E-state index in [1.54, 1.807) is 0 Å². The fourth-order valence-electron chi connectivity index (χ4n) is 3.45. The van der Waals surface area contributed by atoms with Crippen LogP contribution in [-0.4, -0.2) is 20.8 Å². The molecule has 2 heterocycles. The van der Waals surface area contributed by atoms with Gasteiger partial charge in [-0.15, -0.1) is 10.2 Å². The summed E-state index contributed by atoms with van der Waals surface area (Å²) in [5.41, 5.74) is 0. The minimum absolute atomic E-state index is 0.329. The van der Waals surface area contributed by atoms with Crippen molar-refractivity contribution < 1.29 is 0 Å². The highest BCUT2D eigenvalue weighted by Crippen LogP contribution is 2.26. The van der Waals surface area contributed by atoms with Gasteiger partial charge < -0.3 is 9.88 Å². The molecule has 0 aromatic carbocycles. The first-order valence-electron chi connectivity index (χ1n) is 7.43. The number of rotatable bonds is 3. The van der Waals surface area contributed by atoms with Gasteiger partial charge in [0.15, 0.2) is 0 Å². The van der Waals surface area contributed by atoms with Crippen LogP contribution in [-0.2, 0) is 13.0 Å². The van der Waals surface area contributed by atoms with Gasteiger partial charge in [0.25, 0.3) is 0 Å². The lowest BCUT2D eigenvalue weighted by molar-refractivity contribution is 0.259. The molecule has 4 nitrogen and oxygen atoms in total. The van der Waals surface area contributed by atoms with Gasteiger partial charge in [0.05, 0.1) is 6.04 Å². The van der Waals surface area contributed by atoms with Gasteiger partial charge in [0.2, 0.25) is 0 Å². The Hall–Kier alpha value is -0.900. The molecule has 1 saturated carbocycles. The third-order valence-corrected chi connectivity index (χ3v) is 4.60. The first kappa shape index (κ1) is 12.2. The summed E-state index contributed by atoms with van der Waals surface area (Å²) in [5, 5.41) is 12.5. The molecule has 4 heteroatoms. The summed E-state index contributed by atoms with van der Waals surface area (Å²) in [5.74, 6) is 3.11. The van der Waals surface area contributed by atoms with Crippen LogP contribution in [0.3, 0.4) is 0 Å². The van der Waals surface area contributed by atoms with Crippen molar-refractivity contribution in [3.05, 3.63) is 11.6 Å². The van der Waals surface area contributed by atoms with Gasteiger partial charge in [-0.1, -0.05) is 19.8 Å². The van der Waals surface area contributed by atoms with Crippen LogP contribution in [0.25, 0.3) is 0 Å². The number of nitrogens with one attached hydrogen (secondary N) is 1. The fourth-order valence-corrected chi connectivity index (χ4v) is 3.45. The highest BCUT2D eigenvalue weighted by molar-refractivity contribution is 5.04. The molecule has 3 rings (SSSR count). The van der Waals surface area contributed by atoms with E-state index in [1.165, 1.54) is 37.9 Å². The van der Waals surface area contributed by atoms with E-state index in [0.717, 1.165) is 24.7 Å². The zero-order chi connectivity index (χ0) is 12.5. The number of aryl methyl sites for hydroxylation is 1. The summed E-state index contributed by atoms with van der Waals surface area (Å²) < 4.78 is 2.31. The van der Waals surface area contributed by atoms with Crippen LogP contribution in [0.5, 0.6) is 0 Å². The molecule has 1 N–H and O–H groups in total. The van der Waals surface area contributed by atoms with E-state index in [1.807, 2.05) is 0 Å². The second-order valence-corrected chi connectivity index (χ2v) is 5.99. The zero-order valence-electron chi connectivity index (χ0n) is 11.5. The SMILES string of the molecule is CC(NC1CCCCC1C)c1nnc2n1CCC2. The Labute approximate surface area is 109 Å². The van der Waals surface area contributed by atoms with Crippen molar-refractivity contribution in [2.24, 2.45) is 5.92 Å². The lowest BCUT2D eigenvalue weighted by atomic mass is 9.85. The second-order valence-electron chi connectivity index (χ2n) is 5.99. The molecule has 100 valence electrons. The van der Waals surface area contributed by atoms with E-state index in [0.29, 0.717) is 12.1 Å². The van der Waals surface area contributed by atoms with Crippen LogP contribution in [0.15, 0.2) is 0 Å². The quantitative estimate of drug-likeness (QED) is 0.893. The maximum absolute atomic E-state index is 4.38. The largest absolute Gasteiger partial charge is 0.314 e. The number of hydrogen-bond donors (Lipinski definition) is 1. The monoisotopic (exact) mass is 248 g/mol. The third kappa shape index (κ3) is 2.18. The molecule has 0 radical (unpaired) electrons. The molecule has 1 aliphatic heterocycles. The second kappa shape index (κ2) is 5.00. The summed E-state index contributed by atoms with van der Waals surface area (Å²) in [6, 6.07) is 0.984. The Balaban J connectivity index is 1.68. The van der Waals surface area contributed by atoms with Crippen LogP contribution in [0.4, 0.5) is 0 Å². The molecular weight excluding hydrogens is 224 g/mol. The molecule has 1 fully saturated rings. The smallest absolute Gasteiger partial charge is 0.149 e. The lowest BCUT2D eigenvalue weighted by Crippen LogP contribution is -2.39. The minimum Gasteiger partial charge on any atom is -0.314 e. The molecule has 3 atom stereocenters. The molecule has 1 aromatic heterocycles. The van der Waals surface area contributed by atoms with E-state index in [4.69, 9.17) is 0 Å². The highest BCUT2D eigenvalue weighted by atomic mass is 15.3. The van der Waals surface area contributed by atoms with Gasteiger partial charge in [0.1, 0.15) is 11.6 Å². The molecule has 0 bridgehead atoms. The van der Waals surface area contributed by atoms with Crippen molar-refractivity contribution in [2.75, 3.05) is 0 Å². The summed E-state index contributed by atoms with van der Waals surface area (Å²) >= 11 is 0. The maximum atomic E-state index is 4.38. The van der Waals surface area contributed by atoms with E-state index < -0.39 is 0 Å². The average molecular weight is 248 g/mol. The van der Waals surface area contributed by atoms with Crippen molar-refractivity contribution in [3.63, 3.8) is 0 Å². The molecule has 18 heavy (non-hydrogen) atoms. The van der Waals surface area contributed by atoms with Crippen molar-refractivity contribution >= 4 is 0 Å². The number of fused-ring (bicyclic) bond motifs is 1. The molecular formula is C14H24N4. The Morgan fingerprint density at radius 1 is 1.22 bits per heavy atom. The predicted octanol–water partition coefficient (Wildman–Crippen LogP) is 2.45. The Kier molecular flexibility index (Phi) is 3.37. The predicted molar refractivity (Wildman–Crippen MR) is 71.3 cm³/mol. The van der Waals surface area contributed by atoms with Gasteiger partial charge in [-0.05, 0) is 32.1 Å². The van der Waals surface area contributed by atoms with Gasteiger partial charge in [-0.25, -0.2) is 0 Å². The van der Waals surface area contributed by atoms with Crippen molar-refractivity contribution in [2.45, 2.75) is 71.0 Å². The molecule has 0 amide bonds. The Morgan fingerprint density at radius 3 is 2.89 bits per heavy atom. The topological polar surface area (TPSA) is 42.7 Å². The number of hydrogen-bond acceptors (Lipinski definition) is 3.